The van der Waals surface area contributed by atoms with Crippen LogP contribution in [0.25, 0.3) is 0 Å². The molecule has 3 unspecified atom stereocenters. The number of carbonyl (C=O) groups is 1. The van der Waals surface area contributed by atoms with E-state index in [1.54, 1.807) is 18.2 Å². The van der Waals surface area contributed by atoms with Gasteiger partial charge in [-0.2, -0.15) is 0 Å². The van der Waals surface area contributed by atoms with Crippen LogP contribution in [0, 0.1) is 0 Å². The Morgan fingerprint density at radius 1 is 1.15 bits per heavy atom. The lowest BCUT2D eigenvalue weighted by molar-refractivity contribution is 0.0162. The number of carboxylic acid groups (broad SMARTS) is 1. The third-order valence-electron chi connectivity index (χ3n) is 4.58. The Hall–Kier alpha value is -1.98. The minimum Gasteiger partial charge on any atom is -0.478 e. The Balaban J connectivity index is 1.49. The SMILES string of the molecule is O=C(O)c1cccc(CC2COC(CP(=O)(O)Cc3ccccc3)CN2)c1. The first kappa shape index (κ1) is 19.8. The van der Waals surface area contributed by atoms with E-state index in [0.29, 0.717) is 19.6 Å². The van der Waals surface area contributed by atoms with Crippen LogP contribution in [-0.4, -0.2) is 47.4 Å². The number of benzene rings is 2. The van der Waals surface area contributed by atoms with Crippen LogP contribution >= 0.6 is 7.37 Å². The summed E-state index contributed by atoms with van der Waals surface area (Å²) in [5.74, 6) is -0.943. The van der Waals surface area contributed by atoms with Crippen LogP contribution in [0.3, 0.4) is 0 Å². The van der Waals surface area contributed by atoms with Crippen molar-refractivity contribution in [1.29, 1.82) is 0 Å². The zero-order valence-corrected chi connectivity index (χ0v) is 15.8. The van der Waals surface area contributed by atoms with Gasteiger partial charge in [-0.3, -0.25) is 4.57 Å². The largest absolute Gasteiger partial charge is 0.478 e. The Morgan fingerprint density at radius 3 is 2.56 bits per heavy atom. The quantitative estimate of drug-likeness (QED) is 0.631. The van der Waals surface area contributed by atoms with Crippen LogP contribution in [-0.2, 0) is 21.9 Å². The summed E-state index contributed by atoms with van der Waals surface area (Å²) in [6.45, 7) is 0.927. The summed E-state index contributed by atoms with van der Waals surface area (Å²) in [4.78, 5) is 21.4. The highest BCUT2D eigenvalue weighted by molar-refractivity contribution is 7.57. The lowest BCUT2D eigenvalue weighted by Crippen LogP contribution is -2.48. The van der Waals surface area contributed by atoms with Crippen LogP contribution in [0.2, 0.25) is 0 Å². The minimum atomic E-state index is -3.32. The second kappa shape index (κ2) is 8.81. The molecule has 2 aromatic rings. The fraction of sp³-hybridized carbons (Fsp3) is 0.350. The van der Waals surface area contributed by atoms with E-state index in [4.69, 9.17) is 9.84 Å². The summed E-state index contributed by atoms with van der Waals surface area (Å²) in [6.07, 6.45) is 0.621. The summed E-state index contributed by atoms with van der Waals surface area (Å²) in [5.41, 5.74) is 2.04. The molecule has 1 heterocycles. The Bertz CT molecular complexity index is 818. The monoisotopic (exact) mass is 389 g/mol. The molecule has 3 N–H and O–H groups in total. The third kappa shape index (κ3) is 6.01. The van der Waals surface area contributed by atoms with Crippen molar-refractivity contribution in [1.82, 2.24) is 5.32 Å². The van der Waals surface area contributed by atoms with Crippen molar-refractivity contribution >= 4 is 13.3 Å². The first-order chi connectivity index (χ1) is 12.9. The molecule has 0 aliphatic carbocycles. The Kier molecular flexibility index (Phi) is 6.45. The average Bonchev–Trinajstić information content (AvgIpc) is 2.64. The molecule has 1 fully saturated rings. The van der Waals surface area contributed by atoms with Crippen molar-refractivity contribution in [3.63, 3.8) is 0 Å². The molecule has 7 heteroatoms. The van der Waals surface area contributed by atoms with Crippen molar-refractivity contribution in [3.05, 3.63) is 71.3 Å². The van der Waals surface area contributed by atoms with Crippen LogP contribution in [0.1, 0.15) is 21.5 Å². The zero-order chi connectivity index (χ0) is 19.3. The normalized spacial score (nSPS) is 22.1. The van der Waals surface area contributed by atoms with Crippen molar-refractivity contribution in [2.75, 3.05) is 19.3 Å². The maximum atomic E-state index is 12.5. The van der Waals surface area contributed by atoms with Crippen molar-refractivity contribution in [2.45, 2.75) is 24.7 Å². The minimum absolute atomic E-state index is 0.0532. The molecule has 27 heavy (non-hydrogen) atoms. The van der Waals surface area contributed by atoms with Gasteiger partial charge in [-0.05, 0) is 29.7 Å². The third-order valence-corrected chi connectivity index (χ3v) is 6.42. The predicted molar refractivity (Wildman–Crippen MR) is 103 cm³/mol. The van der Waals surface area contributed by atoms with E-state index in [2.05, 4.69) is 5.32 Å². The maximum absolute atomic E-state index is 12.5. The van der Waals surface area contributed by atoms with Gasteiger partial charge in [0, 0.05) is 18.7 Å². The molecule has 0 spiro atoms. The van der Waals surface area contributed by atoms with Gasteiger partial charge in [-0.25, -0.2) is 4.79 Å². The highest BCUT2D eigenvalue weighted by Crippen LogP contribution is 2.45. The molecule has 1 aliphatic heterocycles. The number of ether oxygens (including phenoxy) is 1. The van der Waals surface area contributed by atoms with Crippen molar-refractivity contribution < 1.29 is 24.1 Å². The van der Waals surface area contributed by atoms with Crippen LogP contribution in [0.4, 0.5) is 0 Å². The maximum Gasteiger partial charge on any atom is 0.335 e. The second-order valence-electron chi connectivity index (χ2n) is 6.94. The average molecular weight is 389 g/mol. The second-order valence-corrected chi connectivity index (χ2v) is 9.32. The predicted octanol–water partition coefficient (Wildman–Crippen LogP) is 2.75. The van der Waals surface area contributed by atoms with E-state index < -0.39 is 13.3 Å². The molecule has 1 saturated heterocycles. The van der Waals surface area contributed by atoms with Gasteiger partial charge < -0.3 is 20.1 Å². The van der Waals surface area contributed by atoms with E-state index in [1.807, 2.05) is 36.4 Å². The van der Waals surface area contributed by atoms with Crippen LogP contribution in [0.5, 0.6) is 0 Å². The zero-order valence-electron chi connectivity index (χ0n) is 15.0. The number of nitrogens with one attached hydrogen (secondary N) is 1. The van der Waals surface area contributed by atoms with Gasteiger partial charge in [0.25, 0.3) is 0 Å². The molecule has 144 valence electrons. The molecular formula is C20H24NO5P. The molecule has 0 radical (unpaired) electrons. The van der Waals surface area contributed by atoms with Gasteiger partial charge in [0.2, 0.25) is 7.37 Å². The number of rotatable bonds is 7. The Labute approximate surface area is 158 Å². The number of aromatic carboxylic acids is 1. The van der Waals surface area contributed by atoms with Crippen LogP contribution < -0.4 is 5.32 Å². The fourth-order valence-corrected chi connectivity index (χ4v) is 5.07. The molecular weight excluding hydrogens is 365 g/mol. The summed E-state index contributed by atoms with van der Waals surface area (Å²) < 4.78 is 18.3. The first-order valence-electron chi connectivity index (χ1n) is 8.93. The molecule has 6 nitrogen and oxygen atoms in total. The number of carboxylic acids is 1. The van der Waals surface area contributed by atoms with Gasteiger partial charge in [-0.15, -0.1) is 0 Å². The smallest absolute Gasteiger partial charge is 0.335 e. The van der Waals surface area contributed by atoms with Crippen LogP contribution in [0.15, 0.2) is 54.6 Å². The van der Waals surface area contributed by atoms with Gasteiger partial charge >= 0.3 is 5.97 Å². The van der Waals surface area contributed by atoms with Crippen molar-refractivity contribution in [3.8, 4) is 0 Å². The lowest BCUT2D eigenvalue weighted by Gasteiger charge is -2.31. The molecule has 0 bridgehead atoms. The molecule has 0 amide bonds. The molecule has 3 rings (SSSR count). The first-order valence-corrected chi connectivity index (χ1v) is 11.0. The van der Waals surface area contributed by atoms with E-state index in [-0.39, 0.29) is 30.0 Å². The van der Waals surface area contributed by atoms with Gasteiger partial charge in [0.15, 0.2) is 0 Å². The highest BCUT2D eigenvalue weighted by Gasteiger charge is 2.29. The van der Waals surface area contributed by atoms with Crippen molar-refractivity contribution in [2.24, 2.45) is 0 Å². The fourth-order valence-electron chi connectivity index (χ4n) is 3.28. The summed E-state index contributed by atoms with van der Waals surface area (Å²) in [6, 6.07) is 16.2. The standard InChI is InChI=1S/C20H24NO5P/c22-20(23)17-8-4-7-16(9-17)10-18-12-26-19(11-21-18)14-27(24,25)13-15-5-2-1-3-6-15/h1-9,18-19,21H,10-14H2,(H,22,23)(H,24,25). The molecule has 2 aromatic carbocycles. The Morgan fingerprint density at radius 2 is 1.89 bits per heavy atom. The van der Waals surface area contributed by atoms with E-state index in [1.165, 1.54) is 0 Å². The van der Waals surface area contributed by atoms with Gasteiger partial charge in [0.1, 0.15) is 0 Å². The van der Waals surface area contributed by atoms with E-state index in [0.717, 1.165) is 11.1 Å². The van der Waals surface area contributed by atoms with Gasteiger partial charge in [0.05, 0.1) is 24.4 Å². The molecule has 3 atom stereocenters. The molecule has 0 aromatic heterocycles. The summed E-state index contributed by atoms with van der Waals surface area (Å²) >= 11 is 0. The molecule has 0 saturated carbocycles. The highest BCUT2D eigenvalue weighted by atomic mass is 31.2. The summed E-state index contributed by atoms with van der Waals surface area (Å²) in [7, 11) is -3.32. The van der Waals surface area contributed by atoms with E-state index >= 15 is 0 Å². The summed E-state index contributed by atoms with van der Waals surface area (Å²) in [5, 5.41) is 12.4. The van der Waals surface area contributed by atoms with Gasteiger partial charge in [-0.1, -0.05) is 42.5 Å². The topological polar surface area (TPSA) is 95.9 Å². The number of hydrogen-bond donors (Lipinski definition) is 3. The van der Waals surface area contributed by atoms with E-state index in [9.17, 15) is 14.3 Å². The number of morpholine rings is 1. The number of hydrogen-bond acceptors (Lipinski definition) is 4. The lowest BCUT2D eigenvalue weighted by atomic mass is 10.0. The molecule has 1 aliphatic rings.